The molecule has 0 bridgehead atoms. The topological polar surface area (TPSA) is 87.3 Å². The van der Waals surface area contributed by atoms with Gasteiger partial charge in [-0.25, -0.2) is 0 Å². The number of carbonyl (C=O) groups excluding carboxylic acids is 3. The highest BCUT2D eigenvalue weighted by Gasteiger charge is 2.22. The predicted molar refractivity (Wildman–Crippen MR) is 100 cm³/mol. The van der Waals surface area contributed by atoms with Gasteiger partial charge < -0.3 is 16.0 Å². The molecule has 0 radical (unpaired) electrons. The Labute approximate surface area is 156 Å². The molecule has 1 aromatic carbocycles. The number of nitrogens with one attached hydrogen (secondary N) is 3. The fraction of sp³-hybridized carbons (Fsp3) is 0.500. The maximum atomic E-state index is 11.9. The van der Waals surface area contributed by atoms with Crippen LogP contribution in [0.15, 0.2) is 22.7 Å². The van der Waals surface area contributed by atoms with E-state index in [4.69, 9.17) is 0 Å². The summed E-state index contributed by atoms with van der Waals surface area (Å²) in [5.74, 6) is -0.441. The summed E-state index contributed by atoms with van der Waals surface area (Å²) in [7, 11) is 0. The number of halogens is 1. The lowest BCUT2D eigenvalue weighted by molar-refractivity contribution is -0.128. The summed E-state index contributed by atoms with van der Waals surface area (Å²) in [6, 6.07) is 5.61. The van der Waals surface area contributed by atoms with Gasteiger partial charge >= 0.3 is 0 Å². The van der Waals surface area contributed by atoms with E-state index >= 15 is 0 Å². The largest absolute Gasteiger partial charge is 0.354 e. The third-order valence-corrected chi connectivity index (χ3v) is 4.78. The van der Waals surface area contributed by atoms with Crippen molar-refractivity contribution in [2.45, 2.75) is 39.0 Å². The minimum atomic E-state index is -0.279. The minimum absolute atomic E-state index is 0.0389. The van der Waals surface area contributed by atoms with Gasteiger partial charge in [-0.05, 0) is 43.5 Å². The molecule has 0 atom stereocenters. The third kappa shape index (κ3) is 6.49. The monoisotopic (exact) mass is 409 g/mol. The second kappa shape index (κ2) is 9.56. The summed E-state index contributed by atoms with van der Waals surface area (Å²) in [4.78, 5) is 35.5. The van der Waals surface area contributed by atoms with Gasteiger partial charge in [0.2, 0.25) is 17.7 Å². The van der Waals surface area contributed by atoms with E-state index in [9.17, 15) is 14.4 Å². The van der Waals surface area contributed by atoms with Crippen molar-refractivity contribution in [1.29, 1.82) is 0 Å². The van der Waals surface area contributed by atoms with Crippen LogP contribution in [0.25, 0.3) is 0 Å². The van der Waals surface area contributed by atoms with Crippen molar-refractivity contribution in [2.24, 2.45) is 5.92 Å². The van der Waals surface area contributed by atoms with Gasteiger partial charge in [0.25, 0.3) is 0 Å². The van der Waals surface area contributed by atoms with Gasteiger partial charge in [-0.2, -0.15) is 0 Å². The minimum Gasteiger partial charge on any atom is -0.354 e. The number of hydrogen-bond donors (Lipinski definition) is 3. The molecule has 3 N–H and O–H groups in total. The summed E-state index contributed by atoms with van der Waals surface area (Å²) in [5.41, 5.74) is 1.71. The first-order valence-electron chi connectivity index (χ1n) is 8.56. The average molecular weight is 410 g/mol. The van der Waals surface area contributed by atoms with Crippen molar-refractivity contribution in [3.63, 3.8) is 0 Å². The van der Waals surface area contributed by atoms with Crippen molar-refractivity contribution in [1.82, 2.24) is 10.6 Å². The maximum absolute atomic E-state index is 11.9. The third-order valence-electron chi connectivity index (χ3n) is 4.29. The highest BCUT2D eigenvalue weighted by molar-refractivity contribution is 9.10. The molecule has 6 nitrogen and oxygen atoms in total. The summed E-state index contributed by atoms with van der Waals surface area (Å²) in [6.45, 7) is 2.11. The summed E-state index contributed by atoms with van der Waals surface area (Å²) < 4.78 is 0.954. The van der Waals surface area contributed by atoms with Crippen LogP contribution in [-0.2, 0) is 14.4 Å². The molecule has 25 heavy (non-hydrogen) atoms. The van der Waals surface area contributed by atoms with E-state index in [1.165, 1.54) is 0 Å². The molecule has 136 valence electrons. The average Bonchev–Trinajstić information content (AvgIpc) is 3.10. The zero-order chi connectivity index (χ0) is 18.2. The van der Waals surface area contributed by atoms with E-state index in [0.717, 1.165) is 41.4 Å². The Hall–Kier alpha value is -1.89. The van der Waals surface area contributed by atoms with E-state index in [0.29, 0.717) is 0 Å². The molecule has 1 aliphatic rings. The molecule has 1 saturated carbocycles. The van der Waals surface area contributed by atoms with Gasteiger partial charge in [0.05, 0.1) is 6.54 Å². The van der Waals surface area contributed by atoms with Gasteiger partial charge in [-0.1, -0.05) is 28.8 Å². The van der Waals surface area contributed by atoms with E-state index in [1.807, 2.05) is 25.1 Å². The zero-order valence-corrected chi connectivity index (χ0v) is 15.9. The van der Waals surface area contributed by atoms with Gasteiger partial charge in [-0.3, -0.25) is 14.4 Å². The van der Waals surface area contributed by atoms with Crippen molar-refractivity contribution in [2.75, 3.05) is 18.4 Å². The van der Waals surface area contributed by atoms with Crippen LogP contribution < -0.4 is 16.0 Å². The van der Waals surface area contributed by atoms with Crippen LogP contribution in [0.3, 0.4) is 0 Å². The number of amides is 3. The lowest BCUT2D eigenvalue weighted by Crippen LogP contribution is -2.39. The molecule has 0 heterocycles. The van der Waals surface area contributed by atoms with Crippen molar-refractivity contribution in [3.05, 3.63) is 28.2 Å². The number of anilines is 1. The van der Waals surface area contributed by atoms with Crippen molar-refractivity contribution < 1.29 is 14.4 Å². The quantitative estimate of drug-likeness (QED) is 0.646. The summed E-state index contributed by atoms with van der Waals surface area (Å²) in [5, 5.41) is 8.12. The summed E-state index contributed by atoms with van der Waals surface area (Å²) >= 11 is 3.38. The van der Waals surface area contributed by atoms with Gasteiger partial charge in [0.1, 0.15) is 0 Å². The Balaban J connectivity index is 1.63. The summed E-state index contributed by atoms with van der Waals surface area (Å²) in [6.07, 6.45) is 4.15. The molecule has 0 spiro atoms. The Bertz CT molecular complexity index is 642. The second-order valence-electron chi connectivity index (χ2n) is 6.31. The van der Waals surface area contributed by atoms with E-state index in [2.05, 4.69) is 31.9 Å². The standard InChI is InChI=1S/C18H24BrN3O3/c1-12-10-14(19)6-7-15(12)22-16(23)8-9-20-17(24)11-21-18(25)13-4-2-3-5-13/h6-7,10,13H,2-5,8-9,11H2,1H3,(H,20,24)(H,21,25)(H,22,23). The van der Waals surface area contributed by atoms with Crippen LogP contribution >= 0.6 is 15.9 Å². The van der Waals surface area contributed by atoms with Crippen LogP contribution in [-0.4, -0.2) is 30.8 Å². The molecular formula is C18H24BrN3O3. The number of hydrogen-bond acceptors (Lipinski definition) is 3. The molecule has 0 aliphatic heterocycles. The fourth-order valence-electron chi connectivity index (χ4n) is 2.86. The van der Waals surface area contributed by atoms with E-state index in [-0.39, 0.29) is 43.1 Å². The first kappa shape index (κ1) is 19.4. The molecule has 2 rings (SSSR count). The highest BCUT2D eigenvalue weighted by atomic mass is 79.9. The maximum Gasteiger partial charge on any atom is 0.239 e. The molecule has 3 amide bonds. The van der Waals surface area contributed by atoms with Crippen LogP contribution in [0.1, 0.15) is 37.7 Å². The van der Waals surface area contributed by atoms with Gasteiger partial charge in [0, 0.05) is 29.0 Å². The molecule has 1 aromatic rings. The first-order chi connectivity index (χ1) is 12.0. The fourth-order valence-corrected chi connectivity index (χ4v) is 3.33. The van der Waals surface area contributed by atoms with E-state index in [1.54, 1.807) is 0 Å². The Morgan fingerprint density at radius 1 is 1.12 bits per heavy atom. The van der Waals surface area contributed by atoms with Crippen LogP contribution in [0.2, 0.25) is 0 Å². The smallest absolute Gasteiger partial charge is 0.239 e. The van der Waals surface area contributed by atoms with Gasteiger partial charge in [-0.15, -0.1) is 0 Å². The number of benzene rings is 1. The molecular weight excluding hydrogens is 386 g/mol. The highest BCUT2D eigenvalue weighted by Crippen LogP contribution is 2.24. The molecule has 1 fully saturated rings. The van der Waals surface area contributed by atoms with Crippen molar-refractivity contribution in [3.8, 4) is 0 Å². The Morgan fingerprint density at radius 3 is 2.52 bits per heavy atom. The van der Waals surface area contributed by atoms with Crippen molar-refractivity contribution >= 4 is 39.3 Å². The number of aryl methyl sites for hydroxylation is 1. The lowest BCUT2D eigenvalue weighted by atomic mass is 10.1. The normalized spacial score (nSPS) is 14.2. The Morgan fingerprint density at radius 2 is 1.84 bits per heavy atom. The first-order valence-corrected chi connectivity index (χ1v) is 9.35. The van der Waals surface area contributed by atoms with Gasteiger partial charge in [0.15, 0.2) is 0 Å². The molecule has 0 saturated heterocycles. The molecule has 1 aliphatic carbocycles. The molecule has 0 unspecified atom stereocenters. The lowest BCUT2D eigenvalue weighted by Gasteiger charge is -2.11. The van der Waals surface area contributed by atoms with Crippen LogP contribution in [0, 0.1) is 12.8 Å². The predicted octanol–water partition coefficient (Wildman–Crippen LogP) is 2.51. The molecule has 7 heteroatoms. The number of rotatable bonds is 7. The SMILES string of the molecule is Cc1cc(Br)ccc1NC(=O)CCNC(=O)CNC(=O)C1CCCC1. The zero-order valence-electron chi connectivity index (χ0n) is 14.4. The van der Waals surface area contributed by atoms with Crippen LogP contribution in [0.4, 0.5) is 5.69 Å². The van der Waals surface area contributed by atoms with Crippen LogP contribution in [0.5, 0.6) is 0 Å². The Kier molecular flexibility index (Phi) is 7.43. The van der Waals surface area contributed by atoms with E-state index < -0.39 is 0 Å². The molecule has 0 aromatic heterocycles. The second-order valence-corrected chi connectivity index (χ2v) is 7.22. The number of carbonyl (C=O) groups is 3.